The number of unbranched alkanes of at least 4 members (excludes halogenated alkanes) is 8. The smallest absolute Gasteiger partial charge is 0.306 e. The average Bonchev–Trinajstić information content (AvgIpc) is 3.35. The van der Waals surface area contributed by atoms with E-state index in [4.69, 9.17) is 4.74 Å². The molecule has 35 heavy (non-hydrogen) atoms. The molecule has 2 aromatic rings. The summed E-state index contributed by atoms with van der Waals surface area (Å²) in [6, 6.07) is 7.57. The van der Waals surface area contributed by atoms with Gasteiger partial charge < -0.3 is 10.1 Å². The number of esters is 1. The minimum atomic E-state index is -0.374. The Morgan fingerprint density at radius 2 is 1.54 bits per heavy atom. The van der Waals surface area contributed by atoms with Crippen LogP contribution >= 0.6 is 0 Å². The number of aromatic nitrogens is 2. The van der Waals surface area contributed by atoms with E-state index in [1.807, 2.05) is 45.0 Å². The number of hydrogen-bond donors (Lipinski definition) is 1. The standard InChI is InChI=1S/C29H43N3O3/c1-29(2,3)35-27(33)16-14-12-10-8-6-4-5-7-9-11-13-15-21-31-26-19-17-25(18-20-26)28(34)32-23-22-30-24-32/h9,11,17-20,22-24,31H,4-8,10,12-16,21H2,1-3H3. The van der Waals surface area contributed by atoms with Crippen molar-refractivity contribution >= 4 is 17.6 Å². The van der Waals surface area contributed by atoms with E-state index in [0.29, 0.717) is 12.0 Å². The van der Waals surface area contributed by atoms with Gasteiger partial charge in [-0.15, -0.1) is 0 Å². The van der Waals surface area contributed by atoms with Crippen molar-refractivity contribution in [1.82, 2.24) is 9.55 Å². The Morgan fingerprint density at radius 3 is 2.17 bits per heavy atom. The van der Waals surface area contributed by atoms with E-state index in [1.54, 1.807) is 12.4 Å². The summed E-state index contributed by atoms with van der Waals surface area (Å²) in [5, 5.41) is 3.41. The summed E-state index contributed by atoms with van der Waals surface area (Å²) < 4.78 is 6.81. The maximum Gasteiger partial charge on any atom is 0.306 e. The molecule has 0 bridgehead atoms. The molecule has 0 aliphatic carbocycles. The minimum absolute atomic E-state index is 0.0746. The van der Waals surface area contributed by atoms with Gasteiger partial charge in [0.1, 0.15) is 11.9 Å². The van der Waals surface area contributed by atoms with Crippen LogP contribution in [0.2, 0.25) is 0 Å². The van der Waals surface area contributed by atoms with Crippen molar-refractivity contribution in [2.24, 2.45) is 0 Å². The zero-order chi connectivity index (χ0) is 25.4. The summed E-state index contributed by atoms with van der Waals surface area (Å²) in [7, 11) is 0. The molecule has 0 radical (unpaired) electrons. The lowest BCUT2D eigenvalue weighted by Crippen LogP contribution is -2.23. The first-order chi connectivity index (χ1) is 16.8. The number of nitrogens with one attached hydrogen (secondary N) is 1. The van der Waals surface area contributed by atoms with Crippen LogP contribution in [0.25, 0.3) is 0 Å². The number of benzene rings is 1. The number of imidazole rings is 1. The molecule has 0 atom stereocenters. The predicted molar refractivity (Wildman–Crippen MR) is 143 cm³/mol. The largest absolute Gasteiger partial charge is 0.460 e. The lowest BCUT2D eigenvalue weighted by Gasteiger charge is -2.19. The fraction of sp³-hybridized carbons (Fsp3) is 0.552. The monoisotopic (exact) mass is 481 g/mol. The van der Waals surface area contributed by atoms with Gasteiger partial charge in [0.05, 0.1) is 0 Å². The second kappa shape index (κ2) is 15.9. The Hall–Kier alpha value is -2.89. The van der Waals surface area contributed by atoms with Crippen LogP contribution in [-0.4, -0.2) is 33.6 Å². The van der Waals surface area contributed by atoms with Crippen LogP contribution in [0.3, 0.4) is 0 Å². The first-order valence-electron chi connectivity index (χ1n) is 13.1. The van der Waals surface area contributed by atoms with E-state index in [1.165, 1.54) is 43.0 Å². The summed E-state index contributed by atoms with van der Waals surface area (Å²) in [6.07, 6.45) is 21.5. The Bertz CT molecular complexity index is 881. The summed E-state index contributed by atoms with van der Waals surface area (Å²) >= 11 is 0. The first-order valence-corrected chi connectivity index (χ1v) is 13.1. The van der Waals surface area contributed by atoms with Crippen LogP contribution in [0, 0.1) is 0 Å². The third-order valence-corrected chi connectivity index (χ3v) is 5.59. The van der Waals surface area contributed by atoms with Crippen LogP contribution in [0.5, 0.6) is 0 Å². The topological polar surface area (TPSA) is 73.2 Å². The highest BCUT2D eigenvalue weighted by Gasteiger charge is 2.15. The number of carbonyl (C=O) groups excluding carboxylic acids is 2. The lowest BCUT2D eigenvalue weighted by molar-refractivity contribution is -0.154. The molecular formula is C29H43N3O3. The van der Waals surface area contributed by atoms with Gasteiger partial charge in [0.15, 0.2) is 0 Å². The number of ether oxygens (including phenoxy) is 1. The van der Waals surface area contributed by atoms with Crippen molar-refractivity contribution < 1.29 is 14.3 Å². The van der Waals surface area contributed by atoms with Crippen molar-refractivity contribution in [2.75, 3.05) is 11.9 Å². The van der Waals surface area contributed by atoms with Crippen LogP contribution in [0.15, 0.2) is 55.1 Å². The highest BCUT2D eigenvalue weighted by atomic mass is 16.6. The molecule has 0 aliphatic heterocycles. The third kappa shape index (κ3) is 13.0. The second-order valence-electron chi connectivity index (χ2n) is 9.99. The van der Waals surface area contributed by atoms with E-state index in [2.05, 4.69) is 22.5 Å². The Balaban J connectivity index is 1.40. The Labute approximate surface area is 211 Å². The van der Waals surface area contributed by atoms with E-state index < -0.39 is 0 Å². The molecule has 192 valence electrons. The van der Waals surface area contributed by atoms with Gasteiger partial charge in [-0.25, -0.2) is 4.98 Å². The Kier molecular flexibility index (Phi) is 12.9. The van der Waals surface area contributed by atoms with Crippen molar-refractivity contribution in [3.05, 3.63) is 60.7 Å². The highest BCUT2D eigenvalue weighted by Crippen LogP contribution is 2.14. The van der Waals surface area contributed by atoms with Gasteiger partial charge in [-0.05, 0) is 77.1 Å². The summed E-state index contributed by atoms with van der Waals surface area (Å²) in [6.45, 7) is 6.65. The molecule has 0 aliphatic rings. The normalized spacial score (nSPS) is 11.6. The summed E-state index contributed by atoms with van der Waals surface area (Å²) in [5.41, 5.74) is 1.30. The molecule has 1 N–H and O–H groups in total. The number of nitrogens with zero attached hydrogens (tertiary/aromatic N) is 2. The molecule has 0 unspecified atom stereocenters. The van der Waals surface area contributed by atoms with Gasteiger partial charge >= 0.3 is 5.97 Å². The van der Waals surface area contributed by atoms with E-state index >= 15 is 0 Å². The first kappa shape index (κ1) is 28.3. The maximum atomic E-state index is 12.3. The minimum Gasteiger partial charge on any atom is -0.460 e. The maximum absolute atomic E-state index is 12.3. The van der Waals surface area contributed by atoms with Crippen LogP contribution in [-0.2, 0) is 9.53 Å². The molecule has 0 saturated heterocycles. The van der Waals surface area contributed by atoms with Crippen LogP contribution in [0.4, 0.5) is 5.69 Å². The number of carbonyl (C=O) groups is 2. The van der Waals surface area contributed by atoms with Gasteiger partial charge in [-0.2, -0.15) is 0 Å². The average molecular weight is 482 g/mol. The van der Waals surface area contributed by atoms with E-state index in [9.17, 15) is 9.59 Å². The molecule has 0 saturated carbocycles. The van der Waals surface area contributed by atoms with Crippen molar-refractivity contribution in [2.45, 2.75) is 97.0 Å². The zero-order valence-corrected chi connectivity index (χ0v) is 21.8. The van der Waals surface area contributed by atoms with Crippen LogP contribution < -0.4 is 5.32 Å². The molecule has 6 heteroatoms. The van der Waals surface area contributed by atoms with Gasteiger partial charge in [-0.1, -0.05) is 44.3 Å². The van der Waals surface area contributed by atoms with Gasteiger partial charge in [-0.3, -0.25) is 14.2 Å². The van der Waals surface area contributed by atoms with Gasteiger partial charge in [0.2, 0.25) is 0 Å². The number of hydrogen-bond acceptors (Lipinski definition) is 5. The van der Waals surface area contributed by atoms with Gasteiger partial charge in [0.25, 0.3) is 5.91 Å². The lowest BCUT2D eigenvalue weighted by atomic mass is 10.1. The van der Waals surface area contributed by atoms with Crippen molar-refractivity contribution in [3.8, 4) is 0 Å². The highest BCUT2D eigenvalue weighted by molar-refractivity contribution is 5.96. The summed E-state index contributed by atoms with van der Waals surface area (Å²) in [4.78, 5) is 27.8. The fourth-order valence-corrected chi connectivity index (χ4v) is 3.76. The fourth-order valence-electron chi connectivity index (χ4n) is 3.76. The van der Waals surface area contributed by atoms with E-state index in [-0.39, 0.29) is 17.5 Å². The number of allylic oxidation sites excluding steroid dienone is 2. The van der Waals surface area contributed by atoms with Gasteiger partial charge in [0, 0.05) is 36.6 Å². The molecule has 2 rings (SSSR count). The second-order valence-corrected chi connectivity index (χ2v) is 9.99. The molecule has 0 amide bonds. The molecule has 0 spiro atoms. The molecule has 1 heterocycles. The molecule has 0 fully saturated rings. The number of rotatable bonds is 16. The molecular weight excluding hydrogens is 438 g/mol. The SMILES string of the molecule is CC(C)(C)OC(=O)CCCCCCCCCC=CCCCNc1ccc(C(=O)n2ccnc2)cc1. The molecule has 1 aromatic heterocycles. The van der Waals surface area contributed by atoms with Crippen LogP contribution in [0.1, 0.15) is 102 Å². The van der Waals surface area contributed by atoms with Crippen molar-refractivity contribution in [3.63, 3.8) is 0 Å². The number of anilines is 1. The van der Waals surface area contributed by atoms with Crippen molar-refractivity contribution in [1.29, 1.82) is 0 Å². The van der Waals surface area contributed by atoms with E-state index in [0.717, 1.165) is 44.3 Å². The molecule has 1 aromatic carbocycles. The molecule has 6 nitrogen and oxygen atoms in total. The quantitative estimate of drug-likeness (QED) is 0.156. The predicted octanol–water partition coefficient (Wildman–Crippen LogP) is 7.17. The zero-order valence-electron chi connectivity index (χ0n) is 21.8. The Morgan fingerprint density at radius 1 is 0.914 bits per heavy atom. The third-order valence-electron chi connectivity index (χ3n) is 5.59. The summed E-state index contributed by atoms with van der Waals surface area (Å²) in [5.74, 6) is -0.150.